The Morgan fingerprint density at radius 1 is 1.62 bits per heavy atom. The third-order valence-electron chi connectivity index (χ3n) is 2.61. The lowest BCUT2D eigenvalue weighted by molar-refractivity contribution is -0.139. The van der Waals surface area contributed by atoms with Crippen molar-refractivity contribution >= 4 is 12.1 Å². The number of nitrogens with zero attached hydrogens (tertiary/aromatic N) is 1. The molecule has 2 rings (SSSR count). The topological polar surface area (TPSA) is 66.8 Å². The van der Waals surface area contributed by atoms with Gasteiger partial charge in [-0.1, -0.05) is 0 Å². The predicted octanol–water partition coefficient (Wildman–Crippen LogP) is 0.444. The van der Waals surface area contributed by atoms with Crippen LogP contribution in [0, 0.1) is 0 Å². The summed E-state index contributed by atoms with van der Waals surface area (Å²) in [5.74, 6) is -0.984. The molecular weight excluding hydrogens is 174 g/mol. The molecule has 0 spiro atoms. The lowest BCUT2D eigenvalue weighted by Gasteiger charge is -2.31. The van der Waals surface area contributed by atoms with Gasteiger partial charge in [0.05, 0.1) is 0 Å². The van der Waals surface area contributed by atoms with Crippen molar-refractivity contribution in [3.63, 3.8) is 0 Å². The van der Waals surface area contributed by atoms with Gasteiger partial charge in [-0.05, 0) is 12.8 Å². The van der Waals surface area contributed by atoms with Crippen LogP contribution in [0.2, 0.25) is 0 Å². The Labute approximate surface area is 75.3 Å². The molecule has 1 aliphatic carbocycles. The van der Waals surface area contributed by atoms with Gasteiger partial charge in [-0.15, -0.1) is 0 Å². The van der Waals surface area contributed by atoms with Crippen LogP contribution in [0.4, 0.5) is 4.79 Å². The molecule has 0 aromatic rings. The van der Waals surface area contributed by atoms with Gasteiger partial charge in [0, 0.05) is 12.5 Å². The van der Waals surface area contributed by atoms with Gasteiger partial charge in [0.15, 0.2) is 0 Å². The second kappa shape index (κ2) is 2.90. The van der Waals surface area contributed by atoms with Gasteiger partial charge in [0.2, 0.25) is 0 Å². The molecule has 5 heteroatoms. The molecule has 1 N–H and O–H groups in total. The Morgan fingerprint density at radius 3 is 3.08 bits per heavy atom. The lowest BCUT2D eigenvalue weighted by atomic mass is 10.2. The Bertz CT molecular complexity index is 253. The Hall–Kier alpha value is -1.26. The second-order valence-electron chi connectivity index (χ2n) is 3.49. The molecule has 2 unspecified atom stereocenters. The summed E-state index contributed by atoms with van der Waals surface area (Å²) in [6.45, 7) is -0.240. The zero-order chi connectivity index (χ0) is 9.42. The maximum absolute atomic E-state index is 11.2. The predicted molar refractivity (Wildman–Crippen MR) is 42.2 cm³/mol. The molecule has 5 nitrogen and oxygen atoms in total. The first-order chi connectivity index (χ1) is 6.16. The maximum atomic E-state index is 11.2. The monoisotopic (exact) mass is 185 g/mol. The van der Waals surface area contributed by atoms with E-state index in [1.807, 2.05) is 0 Å². The van der Waals surface area contributed by atoms with Crippen LogP contribution in [0.15, 0.2) is 0 Å². The summed E-state index contributed by atoms with van der Waals surface area (Å²) in [6, 6.07) is 0.0855. The molecule has 1 saturated heterocycles. The van der Waals surface area contributed by atoms with E-state index in [0.717, 1.165) is 19.3 Å². The summed E-state index contributed by atoms with van der Waals surface area (Å²) in [6.07, 6.45) is 2.08. The highest BCUT2D eigenvalue weighted by Crippen LogP contribution is 2.31. The number of carboxylic acids is 1. The van der Waals surface area contributed by atoms with Crippen molar-refractivity contribution in [1.29, 1.82) is 0 Å². The fourth-order valence-electron chi connectivity index (χ4n) is 2.01. The van der Waals surface area contributed by atoms with E-state index in [9.17, 15) is 9.59 Å². The summed E-state index contributed by atoms with van der Waals surface area (Å²) in [7, 11) is 0. The highest BCUT2D eigenvalue weighted by molar-refractivity contribution is 5.77. The normalized spacial score (nSPS) is 31.7. The maximum Gasteiger partial charge on any atom is 0.410 e. The number of hydrogen-bond acceptors (Lipinski definition) is 3. The largest absolute Gasteiger partial charge is 0.480 e. The van der Waals surface area contributed by atoms with Gasteiger partial charge in [-0.25, -0.2) is 4.79 Å². The minimum atomic E-state index is -0.984. The van der Waals surface area contributed by atoms with Gasteiger partial charge >= 0.3 is 12.1 Å². The zero-order valence-electron chi connectivity index (χ0n) is 7.10. The van der Waals surface area contributed by atoms with E-state index in [1.165, 1.54) is 4.90 Å². The summed E-state index contributed by atoms with van der Waals surface area (Å²) in [4.78, 5) is 23.0. The molecule has 1 amide bonds. The fraction of sp³-hybridized carbons (Fsp3) is 0.750. The Kier molecular flexibility index (Phi) is 1.86. The first-order valence-corrected chi connectivity index (χ1v) is 4.36. The number of amides is 1. The minimum absolute atomic E-state index is 0.0301. The number of carboxylic acid groups (broad SMARTS) is 1. The van der Waals surface area contributed by atoms with Crippen LogP contribution < -0.4 is 0 Å². The standard InChI is InChI=1S/C8H11NO4/c10-7(11)4-9-5-1-2-6(3-5)13-8(9)12/h5-6H,1-4H2,(H,10,11). The van der Waals surface area contributed by atoms with Crippen LogP contribution in [0.25, 0.3) is 0 Å². The zero-order valence-corrected chi connectivity index (χ0v) is 7.10. The van der Waals surface area contributed by atoms with Crippen LogP contribution in [0.5, 0.6) is 0 Å². The smallest absolute Gasteiger partial charge is 0.410 e. The van der Waals surface area contributed by atoms with Gasteiger partial charge in [0.25, 0.3) is 0 Å². The molecule has 1 heterocycles. The summed E-state index contributed by atoms with van der Waals surface area (Å²) < 4.78 is 5.01. The fourth-order valence-corrected chi connectivity index (χ4v) is 2.01. The van der Waals surface area contributed by atoms with Crippen molar-refractivity contribution in [1.82, 2.24) is 4.90 Å². The van der Waals surface area contributed by atoms with E-state index < -0.39 is 12.1 Å². The van der Waals surface area contributed by atoms with Gasteiger partial charge in [-0.3, -0.25) is 9.69 Å². The van der Waals surface area contributed by atoms with E-state index in [1.54, 1.807) is 0 Å². The SMILES string of the molecule is O=C(O)CN1C(=O)OC2CCC1C2. The Morgan fingerprint density at radius 2 is 2.38 bits per heavy atom. The van der Waals surface area contributed by atoms with Crippen molar-refractivity contribution < 1.29 is 19.4 Å². The number of aliphatic carboxylic acids is 1. The number of rotatable bonds is 2. The third kappa shape index (κ3) is 1.46. The quantitative estimate of drug-likeness (QED) is 0.678. The number of ether oxygens (including phenoxy) is 1. The van der Waals surface area contributed by atoms with Crippen molar-refractivity contribution in [2.24, 2.45) is 0 Å². The number of carbonyl (C=O) groups excluding carboxylic acids is 1. The average Bonchev–Trinajstić information content (AvgIpc) is 2.42. The summed E-state index contributed by atoms with van der Waals surface area (Å²) in [5, 5.41) is 8.56. The molecule has 2 atom stereocenters. The molecule has 13 heavy (non-hydrogen) atoms. The first-order valence-electron chi connectivity index (χ1n) is 4.36. The van der Waals surface area contributed by atoms with E-state index in [4.69, 9.17) is 9.84 Å². The van der Waals surface area contributed by atoms with Crippen LogP contribution in [0.1, 0.15) is 19.3 Å². The van der Waals surface area contributed by atoms with Crippen molar-refractivity contribution in [2.75, 3.05) is 6.54 Å². The van der Waals surface area contributed by atoms with Crippen molar-refractivity contribution in [3.05, 3.63) is 0 Å². The Balaban J connectivity index is 2.07. The molecule has 1 saturated carbocycles. The lowest BCUT2D eigenvalue weighted by Crippen LogP contribution is -2.46. The molecule has 0 aromatic carbocycles. The molecule has 0 radical (unpaired) electrons. The molecule has 2 aliphatic rings. The van der Waals surface area contributed by atoms with E-state index >= 15 is 0 Å². The van der Waals surface area contributed by atoms with Crippen LogP contribution in [-0.4, -0.2) is 40.8 Å². The highest BCUT2D eigenvalue weighted by atomic mass is 16.6. The molecule has 2 bridgehead atoms. The molecule has 72 valence electrons. The summed E-state index contributed by atoms with van der Waals surface area (Å²) in [5.41, 5.74) is 0. The summed E-state index contributed by atoms with van der Waals surface area (Å²) >= 11 is 0. The minimum Gasteiger partial charge on any atom is -0.480 e. The van der Waals surface area contributed by atoms with Gasteiger partial charge in [0.1, 0.15) is 12.6 Å². The van der Waals surface area contributed by atoms with Gasteiger partial charge < -0.3 is 9.84 Å². The average molecular weight is 185 g/mol. The molecule has 0 aromatic heterocycles. The number of hydrogen-bond donors (Lipinski definition) is 1. The van der Waals surface area contributed by atoms with E-state index in [0.29, 0.717) is 0 Å². The van der Waals surface area contributed by atoms with Crippen molar-refractivity contribution in [3.8, 4) is 0 Å². The van der Waals surface area contributed by atoms with Crippen molar-refractivity contribution in [2.45, 2.75) is 31.4 Å². The van der Waals surface area contributed by atoms with Crippen LogP contribution in [-0.2, 0) is 9.53 Å². The molecular formula is C8H11NO4. The van der Waals surface area contributed by atoms with E-state index in [2.05, 4.69) is 0 Å². The number of fused-ring (bicyclic) bond motifs is 2. The first kappa shape index (κ1) is 8.34. The number of carbonyl (C=O) groups is 2. The highest BCUT2D eigenvalue weighted by Gasteiger charge is 2.40. The molecule has 2 fully saturated rings. The van der Waals surface area contributed by atoms with Crippen LogP contribution in [0.3, 0.4) is 0 Å². The van der Waals surface area contributed by atoms with Gasteiger partial charge in [-0.2, -0.15) is 0 Å². The third-order valence-corrected chi connectivity index (χ3v) is 2.61. The van der Waals surface area contributed by atoms with E-state index in [-0.39, 0.29) is 18.7 Å². The molecule has 1 aliphatic heterocycles. The second-order valence-corrected chi connectivity index (χ2v) is 3.49. The van der Waals surface area contributed by atoms with Crippen LogP contribution >= 0.6 is 0 Å².